The number of nitrogens with zero attached hydrogens (tertiary/aromatic N) is 5. The van der Waals surface area contributed by atoms with E-state index in [-0.39, 0.29) is 18.4 Å². The molecule has 1 saturated heterocycles. The van der Waals surface area contributed by atoms with Gasteiger partial charge in [0.1, 0.15) is 11.5 Å². The molecule has 0 aromatic carbocycles. The lowest BCUT2D eigenvalue weighted by molar-refractivity contribution is -0.122. The van der Waals surface area contributed by atoms with Crippen molar-refractivity contribution in [1.82, 2.24) is 19.7 Å². The molecule has 1 fully saturated rings. The highest BCUT2D eigenvalue weighted by molar-refractivity contribution is 6.32. The van der Waals surface area contributed by atoms with Crippen LogP contribution in [-0.2, 0) is 4.79 Å². The van der Waals surface area contributed by atoms with Crippen LogP contribution in [0.3, 0.4) is 0 Å². The van der Waals surface area contributed by atoms with Crippen molar-refractivity contribution in [3.63, 3.8) is 0 Å². The van der Waals surface area contributed by atoms with Gasteiger partial charge in [-0.15, -0.1) is 0 Å². The summed E-state index contributed by atoms with van der Waals surface area (Å²) in [5.74, 6) is 0.779. The maximum absolute atomic E-state index is 12.7. The van der Waals surface area contributed by atoms with E-state index in [1.54, 1.807) is 12.3 Å². The van der Waals surface area contributed by atoms with Crippen molar-refractivity contribution in [1.29, 1.82) is 0 Å². The summed E-state index contributed by atoms with van der Waals surface area (Å²) in [6, 6.07) is 5.71. The molecule has 0 aliphatic carbocycles. The molecule has 2 aromatic rings. The molecule has 0 radical (unpaired) electrons. The van der Waals surface area contributed by atoms with Crippen LogP contribution in [0.5, 0.6) is 0 Å². The molecule has 0 saturated carbocycles. The zero-order chi connectivity index (χ0) is 19.8. The summed E-state index contributed by atoms with van der Waals surface area (Å²) in [5, 5.41) is 11.9. The van der Waals surface area contributed by atoms with Gasteiger partial charge < -0.3 is 14.9 Å². The highest BCUT2D eigenvalue weighted by Gasteiger charge is 2.23. The Morgan fingerprint density at radius 1 is 1.26 bits per heavy atom. The van der Waals surface area contributed by atoms with Gasteiger partial charge in [-0.2, -0.15) is 5.10 Å². The smallest absolute Gasteiger partial charge is 0.290 e. The molecular formula is C18H24ClN5O3. The Kier molecular flexibility index (Phi) is 7.60. The first kappa shape index (κ1) is 20.7. The topological polar surface area (TPSA) is 91.6 Å². The average molecular weight is 394 g/mol. The summed E-state index contributed by atoms with van der Waals surface area (Å²) in [6.07, 6.45) is 4.48. The van der Waals surface area contributed by atoms with Gasteiger partial charge in [-0.25, -0.2) is 4.98 Å². The maximum atomic E-state index is 12.7. The van der Waals surface area contributed by atoms with Crippen LogP contribution in [0, 0.1) is 0 Å². The lowest BCUT2D eigenvalue weighted by Crippen LogP contribution is -2.35. The third-order valence-electron chi connectivity index (χ3n) is 4.18. The maximum Gasteiger partial charge on any atom is 0.290 e. The second-order valence-corrected chi connectivity index (χ2v) is 6.73. The number of carbonyl (C=O) groups is 2. The van der Waals surface area contributed by atoms with Crippen molar-refractivity contribution in [3.05, 3.63) is 41.3 Å². The molecule has 9 heteroatoms. The first-order chi connectivity index (χ1) is 13.0. The van der Waals surface area contributed by atoms with Gasteiger partial charge in [-0.05, 0) is 38.5 Å². The molecule has 27 heavy (non-hydrogen) atoms. The van der Waals surface area contributed by atoms with E-state index in [4.69, 9.17) is 21.5 Å². The minimum Gasteiger partial charge on any atom is -0.483 e. The molecule has 146 valence electrons. The second kappa shape index (κ2) is 9.91. The second-order valence-electron chi connectivity index (χ2n) is 6.32. The summed E-state index contributed by atoms with van der Waals surface area (Å²) in [7, 11) is 0. The van der Waals surface area contributed by atoms with Crippen LogP contribution in [0.4, 0.5) is 5.82 Å². The van der Waals surface area contributed by atoms with Crippen LogP contribution in [0.2, 0.25) is 5.02 Å². The van der Waals surface area contributed by atoms with E-state index < -0.39 is 0 Å². The molecule has 1 aliphatic rings. The number of halogens is 1. The van der Waals surface area contributed by atoms with Crippen molar-refractivity contribution in [2.45, 2.75) is 26.3 Å². The van der Waals surface area contributed by atoms with Crippen LogP contribution in [0.15, 0.2) is 30.6 Å². The van der Waals surface area contributed by atoms with Crippen LogP contribution in [0.1, 0.15) is 36.8 Å². The molecule has 0 atom stereocenters. The molecule has 1 aliphatic heterocycles. The standard InChI is InChI=1S/C17H22ClN5O.CH2O2/c1-13(2)23-10-6-15(20-23)17(24)22-9-4-8-21(11-12-22)16-14(18)5-3-7-19-16;2-1-3/h3,5-7,10,13H,4,8-9,11-12H2,1-2H3;1H,(H,2,3). The number of rotatable bonds is 3. The molecule has 2 aromatic heterocycles. The van der Waals surface area contributed by atoms with Gasteiger partial charge >= 0.3 is 0 Å². The van der Waals surface area contributed by atoms with E-state index in [1.807, 2.05) is 41.8 Å². The minimum absolute atomic E-state index is 0.0108. The van der Waals surface area contributed by atoms with Crippen LogP contribution >= 0.6 is 11.6 Å². The Labute approximate surface area is 163 Å². The Morgan fingerprint density at radius 2 is 2.00 bits per heavy atom. The van der Waals surface area contributed by atoms with Crippen LogP contribution < -0.4 is 4.90 Å². The van der Waals surface area contributed by atoms with Gasteiger partial charge in [0.05, 0.1) is 5.02 Å². The molecule has 8 nitrogen and oxygen atoms in total. The third-order valence-corrected chi connectivity index (χ3v) is 4.47. The van der Waals surface area contributed by atoms with E-state index in [9.17, 15) is 4.79 Å². The fraction of sp³-hybridized carbons (Fsp3) is 0.444. The number of pyridine rings is 1. The van der Waals surface area contributed by atoms with E-state index in [0.717, 1.165) is 18.8 Å². The summed E-state index contributed by atoms with van der Waals surface area (Å²) in [4.78, 5) is 29.4. The largest absolute Gasteiger partial charge is 0.483 e. The predicted octanol–water partition coefficient (Wildman–Crippen LogP) is 2.57. The van der Waals surface area contributed by atoms with Gasteiger partial charge in [-0.1, -0.05) is 11.6 Å². The van der Waals surface area contributed by atoms with E-state index in [0.29, 0.717) is 30.4 Å². The molecule has 3 rings (SSSR count). The highest BCUT2D eigenvalue weighted by atomic mass is 35.5. The zero-order valence-corrected chi connectivity index (χ0v) is 16.2. The fourth-order valence-electron chi connectivity index (χ4n) is 2.84. The molecular weight excluding hydrogens is 370 g/mol. The fourth-order valence-corrected chi connectivity index (χ4v) is 3.09. The predicted molar refractivity (Wildman–Crippen MR) is 103 cm³/mol. The van der Waals surface area contributed by atoms with E-state index >= 15 is 0 Å². The van der Waals surface area contributed by atoms with Gasteiger partial charge in [0.25, 0.3) is 12.4 Å². The van der Waals surface area contributed by atoms with Crippen molar-refractivity contribution in [2.24, 2.45) is 0 Å². The molecule has 0 unspecified atom stereocenters. The normalized spacial score (nSPS) is 14.4. The summed E-state index contributed by atoms with van der Waals surface area (Å²) >= 11 is 6.24. The Bertz CT molecular complexity index is 765. The monoisotopic (exact) mass is 393 g/mol. The Balaban J connectivity index is 0.000000817. The van der Waals surface area contributed by atoms with Gasteiger partial charge in [-0.3, -0.25) is 14.3 Å². The Morgan fingerprint density at radius 3 is 2.63 bits per heavy atom. The van der Waals surface area contributed by atoms with Gasteiger partial charge in [0.15, 0.2) is 0 Å². The lowest BCUT2D eigenvalue weighted by Gasteiger charge is -2.23. The first-order valence-electron chi connectivity index (χ1n) is 8.75. The van der Waals surface area contributed by atoms with Crippen LogP contribution in [-0.4, -0.2) is 63.3 Å². The molecule has 0 bridgehead atoms. The number of hydrogen-bond donors (Lipinski definition) is 1. The minimum atomic E-state index is -0.250. The SMILES string of the molecule is CC(C)n1ccc(C(=O)N2CCCN(c3ncccc3Cl)CC2)n1.O=CO. The van der Waals surface area contributed by atoms with Crippen molar-refractivity contribution in [2.75, 3.05) is 31.1 Å². The highest BCUT2D eigenvalue weighted by Crippen LogP contribution is 2.23. The summed E-state index contributed by atoms with van der Waals surface area (Å²) in [6.45, 7) is 6.74. The van der Waals surface area contributed by atoms with Crippen molar-refractivity contribution in [3.8, 4) is 0 Å². The number of carboxylic acid groups (broad SMARTS) is 1. The summed E-state index contributed by atoms with van der Waals surface area (Å²) in [5.41, 5.74) is 0.507. The molecule has 1 amide bonds. The van der Waals surface area contributed by atoms with Crippen molar-refractivity contribution < 1.29 is 14.7 Å². The van der Waals surface area contributed by atoms with E-state index in [2.05, 4.69) is 15.0 Å². The number of hydrogen-bond acceptors (Lipinski definition) is 5. The number of carbonyl (C=O) groups excluding carboxylic acids is 1. The van der Waals surface area contributed by atoms with Crippen LogP contribution in [0.25, 0.3) is 0 Å². The molecule has 3 heterocycles. The van der Waals surface area contributed by atoms with E-state index in [1.165, 1.54) is 0 Å². The summed E-state index contributed by atoms with van der Waals surface area (Å²) < 4.78 is 1.81. The zero-order valence-electron chi connectivity index (χ0n) is 15.5. The number of aromatic nitrogens is 3. The average Bonchev–Trinajstić information content (AvgIpc) is 3.02. The first-order valence-corrected chi connectivity index (χ1v) is 9.13. The van der Waals surface area contributed by atoms with Crippen molar-refractivity contribution >= 4 is 29.8 Å². The molecule has 0 spiro atoms. The Hall–Kier alpha value is -2.61. The number of anilines is 1. The molecule has 1 N–H and O–H groups in total. The third kappa shape index (κ3) is 5.43. The van der Waals surface area contributed by atoms with Gasteiger partial charge in [0, 0.05) is 44.6 Å². The quantitative estimate of drug-likeness (QED) is 0.806. The lowest BCUT2D eigenvalue weighted by atomic mass is 10.3. The van der Waals surface area contributed by atoms with Gasteiger partial charge in [0.2, 0.25) is 0 Å². The number of amides is 1.